The van der Waals surface area contributed by atoms with Gasteiger partial charge in [-0.25, -0.2) is 4.68 Å². The molecule has 0 aromatic carbocycles. The molecule has 8 nitrogen and oxygen atoms in total. The van der Waals surface area contributed by atoms with Crippen molar-refractivity contribution >= 4 is 11.7 Å². The molecule has 144 valence electrons. The number of rotatable bonds is 6. The Morgan fingerprint density at radius 3 is 2.78 bits per heavy atom. The van der Waals surface area contributed by atoms with E-state index in [1.165, 1.54) is 4.90 Å². The highest BCUT2D eigenvalue weighted by molar-refractivity contribution is 5.91. The molecule has 0 radical (unpaired) electrons. The molecule has 2 aromatic rings. The van der Waals surface area contributed by atoms with Crippen molar-refractivity contribution in [2.75, 3.05) is 6.54 Å². The minimum Gasteiger partial charge on any atom is -0.391 e. The van der Waals surface area contributed by atoms with Gasteiger partial charge in [0.15, 0.2) is 5.78 Å². The number of ketones is 1. The van der Waals surface area contributed by atoms with Crippen LogP contribution in [-0.2, 0) is 9.59 Å². The van der Waals surface area contributed by atoms with Crippen LogP contribution < -0.4 is 0 Å². The van der Waals surface area contributed by atoms with E-state index in [9.17, 15) is 14.7 Å². The van der Waals surface area contributed by atoms with Crippen LogP contribution in [0.3, 0.4) is 0 Å². The van der Waals surface area contributed by atoms with E-state index in [1.807, 2.05) is 26.0 Å². The molecule has 3 heterocycles. The Morgan fingerprint density at radius 1 is 1.37 bits per heavy atom. The van der Waals surface area contributed by atoms with Crippen molar-refractivity contribution < 1.29 is 14.7 Å². The van der Waals surface area contributed by atoms with E-state index in [0.717, 1.165) is 5.56 Å². The van der Waals surface area contributed by atoms with E-state index >= 15 is 0 Å². The van der Waals surface area contributed by atoms with Gasteiger partial charge in [0, 0.05) is 37.3 Å². The summed E-state index contributed by atoms with van der Waals surface area (Å²) in [6.07, 6.45) is 5.04. The Hall–Kier alpha value is -2.61. The number of amides is 1. The van der Waals surface area contributed by atoms with E-state index in [4.69, 9.17) is 0 Å². The second-order valence-corrected chi connectivity index (χ2v) is 7.23. The molecular weight excluding hydrogens is 346 g/mol. The second-order valence-electron chi connectivity index (χ2n) is 7.23. The standard InChI is InChI=1S/C19H25N5O3/c1-4-17(26)16-8-14(25)10-23(16)19(27)18(12(2)3)24-11-15(21-22-24)13-6-5-7-20-9-13/h5-7,9,11-12,14,16,18,25H,4,8,10H2,1-3H3. The lowest BCUT2D eigenvalue weighted by Gasteiger charge is -2.29. The molecule has 27 heavy (non-hydrogen) atoms. The maximum absolute atomic E-state index is 13.3. The predicted octanol–water partition coefficient (Wildman–Crippen LogP) is 1.48. The fourth-order valence-electron chi connectivity index (χ4n) is 3.53. The van der Waals surface area contributed by atoms with Crippen LogP contribution in [-0.4, -0.2) is 60.4 Å². The SMILES string of the molecule is CCC(=O)C1CC(O)CN1C(=O)C(C(C)C)n1cc(-c2cccnc2)nn1. The molecule has 1 fully saturated rings. The summed E-state index contributed by atoms with van der Waals surface area (Å²) in [4.78, 5) is 31.1. The first-order chi connectivity index (χ1) is 12.9. The highest BCUT2D eigenvalue weighted by atomic mass is 16.3. The van der Waals surface area contributed by atoms with Crippen LogP contribution in [0, 0.1) is 5.92 Å². The van der Waals surface area contributed by atoms with Crippen molar-refractivity contribution in [3.05, 3.63) is 30.7 Å². The average Bonchev–Trinajstić information content (AvgIpc) is 3.28. The average molecular weight is 371 g/mol. The van der Waals surface area contributed by atoms with Gasteiger partial charge in [0.1, 0.15) is 11.7 Å². The van der Waals surface area contributed by atoms with Gasteiger partial charge in [-0.1, -0.05) is 26.0 Å². The molecule has 1 saturated heterocycles. The molecule has 1 amide bonds. The van der Waals surface area contributed by atoms with Crippen molar-refractivity contribution in [1.29, 1.82) is 0 Å². The predicted molar refractivity (Wildman–Crippen MR) is 98.6 cm³/mol. The number of hydrogen-bond donors (Lipinski definition) is 1. The van der Waals surface area contributed by atoms with Gasteiger partial charge in [-0.05, 0) is 18.1 Å². The number of nitrogens with zero attached hydrogens (tertiary/aromatic N) is 5. The van der Waals surface area contributed by atoms with Crippen molar-refractivity contribution in [2.24, 2.45) is 5.92 Å². The van der Waals surface area contributed by atoms with Gasteiger partial charge in [-0.15, -0.1) is 5.10 Å². The summed E-state index contributed by atoms with van der Waals surface area (Å²) in [7, 11) is 0. The summed E-state index contributed by atoms with van der Waals surface area (Å²) < 4.78 is 1.55. The van der Waals surface area contributed by atoms with Gasteiger partial charge in [0.2, 0.25) is 5.91 Å². The number of carbonyl (C=O) groups excluding carboxylic acids is 2. The first kappa shape index (κ1) is 19.2. The highest BCUT2D eigenvalue weighted by Crippen LogP contribution is 2.28. The van der Waals surface area contributed by atoms with Gasteiger partial charge < -0.3 is 10.0 Å². The number of aliphatic hydroxyl groups excluding tert-OH is 1. The van der Waals surface area contributed by atoms with E-state index < -0.39 is 18.2 Å². The summed E-state index contributed by atoms with van der Waals surface area (Å²) in [6.45, 7) is 5.80. The summed E-state index contributed by atoms with van der Waals surface area (Å²) in [5.74, 6) is -0.302. The number of carbonyl (C=O) groups is 2. The van der Waals surface area contributed by atoms with Gasteiger partial charge in [0.05, 0.1) is 18.3 Å². The minimum absolute atomic E-state index is 0.0305. The lowest BCUT2D eigenvalue weighted by molar-refractivity contribution is -0.141. The zero-order valence-electron chi connectivity index (χ0n) is 15.8. The van der Waals surface area contributed by atoms with E-state index in [2.05, 4.69) is 15.3 Å². The molecular formula is C19H25N5O3. The number of likely N-dealkylation sites (tertiary alicyclic amines) is 1. The Balaban J connectivity index is 1.88. The normalized spacial score (nSPS) is 20.9. The molecule has 1 aliphatic heterocycles. The maximum atomic E-state index is 13.3. The summed E-state index contributed by atoms with van der Waals surface area (Å²) in [5, 5.41) is 18.3. The van der Waals surface area contributed by atoms with E-state index in [0.29, 0.717) is 18.5 Å². The van der Waals surface area contributed by atoms with Crippen LogP contribution in [0.1, 0.15) is 39.7 Å². The van der Waals surface area contributed by atoms with Gasteiger partial charge in [-0.3, -0.25) is 14.6 Å². The summed E-state index contributed by atoms with van der Waals surface area (Å²) in [5.41, 5.74) is 1.44. The number of Topliss-reactive ketones (excluding diaryl/α,β-unsaturated/α-hetero) is 1. The smallest absolute Gasteiger partial charge is 0.248 e. The summed E-state index contributed by atoms with van der Waals surface area (Å²) >= 11 is 0. The lowest BCUT2D eigenvalue weighted by Crippen LogP contribution is -2.45. The monoisotopic (exact) mass is 371 g/mol. The van der Waals surface area contributed by atoms with E-state index in [-0.39, 0.29) is 24.2 Å². The minimum atomic E-state index is -0.677. The maximum Gasteiger partial charge on any atom is 0.248 e. The molecule has 3 unspecified atom stereocenters. The van der Waals surface area contributed by atoms with Crippen LogP contribution in [0.25, 0.3) is 11.3 Å². The molecule has 1 N–H and O–H groups in total. The second kappa shape index (κ2) is 7.96. The Labute approximate surface area is 158 Å². The van der Waals surface area contributed by atoms with Crippen molar-refractivity contribution in [3.63, 3.8) is 0 Å². The molecule has 0 aliphatic carbocycles. The molecule has 3 rings (SSSR count). The van der Waals surface area contributed by atoms with Crippen LogP contribution >= 0.6 is 0 Å². The number of β-amino-alcohol motifs (C(OH)–C–C–N with tert-alkyl or cyclic N) is 1. The summed E-state index contributed by atoms with van der Waals surface area (Å²) in [6, 6.07) is 2.52. The number of pyridine rings is 1. The zero-order chi connectivity index (χ0) is 19.6. The molecule has 0 saturated carbocycles. The lowest BCUT2D eigenvalue weighted by atomic mass is 10.0. The number of aliphatic hydroxyl groups is 1. The first-order valence-electron chi connectivity index (χ1n) is 9.25. The Morgan fingerprint density at radius 2 is 2.15 bits per heavy atom. The third-order valence-corrected chi connectivity index (χ3v) is 4.92. The third-order valence-electron chi connectivity index (χ3n) is 4.92. The molecule has 3 atom stereocenters. The van der Waals surface area contributed by atoms with Gasteiger partial charge in [0.25, 0.3) is 0 Å². The van der Waals surface area contributed by atoms with Crippen molar-refractivity contribution in [3.8, 4) is 11.3 Å². The first-order valence-corrected chi connectivity index (χ1v) is 9.25. The van der Waals surface area contributed by atoms with Crippen LogP contribution in [0.5, 0.6) is 0 Å². The van der Waals surface area contributed by atoms with Gasteiger partial charge >= 0.3 is 0 Å². The molecule has 0 spiro atoms. The fourth-order valence-corrected chi connectivity index (χ4v) is 3.53. The van der Waals surface area contributed by atoms with Crippen molar-refractivity contribution in [2.45, 2.75) is 51.8 Å². The topological polar surface area (TPSA) is 101 Å². The Bertz CT molecular complexity index is 805. The van der Waals surface area contributed by atoms with Crippen LogP contribution in [0.2, 0.25) is 0 Å². The fraction of sp³-hybridized carbons (Fsp3) is 0.526. The zero-order valence-corrected chi connectivity index (χ0v) is 15.8. The van der Waals surface area contributed by atoms with Crippen LogP contribution in [0.15, 0.2) is 30.7 Å². The molecule has 0 bridgehead atoms. The van der Waals surface area contributed by atoms with Gasteiger partial charge in [-0.2, -0.15) is 0 Å². The molecule has 1 aliphatic rings. The largest absolute Gasteiger partial charge is 0.391 e. The van der Waals surface area contributed by atoms with E-state index in [1.54, 1.807) is 30.2 Å². The third kappa shape index (κ3) is 3.90. The highest BCUT2D eigenvalue weighted by Gasteiger charge is 2.41. The van der Waals surface area contributed by atoms with Crippen LogP contribution in [0.4, 0.5) is 0 Å². The Kier molecular flexibility index (Phi) is 5.65. The number of hydrogen-bond acceptors (Lipinski definition) is 6. The number of aromatic nitrogens is 4. The molecule has 8 heteroatoms. The quantitative estimate of drug-likeness (QED) is 0.825. The molecule has 2 aromatic heterocycles. The van der Waals surface area contributed by atoms with Crippen molar-refractivity contribution in [1.82, 2.24) is 24.9 Å².